The molecule has 2 heterocycles. The van der Waals surface area contributed by atoms with Crippen LogP contribution in [0.15, 0.2) is 54.6 Å². The summed E-state index contributed by atoms with van der Waals surface area (Å²) in [4.78, 5) is 27.3. The van der Waals surface area contributed by atoms with Crippen LogP contribution >= 0.6 is 0 Å². The van der Waals surface area contributed by atoms with Crippen LogP contribution in [0.1, 0.15) is 33.8 Å². The van der Waals surface area contributed by atoms with E-state index in [0.717, 1.165) is 5.56 Å². The molecule has 0 bridgehead atoms. The quantitative estimate of drug-likeness (QED) is 0.908. The average Bonchev–Trinajstić information content (AvgIpc) is 3.27. The molecule has 0 aliphatic carbocycles. The highest BCUT2D eigenvalue weighted by Crippen LogP contribution is 2.47. The van der Waals surface area contributed by atoms with Crippen molar-refractivity contribution in [3.8, 4) is 6.07 Å². The van der Waals surface area contributed by atoms with Crippen molar-refractivity contribution in [3.63, 3.8) is 0 Å². The molecule has 1 N–H and O–H groups in total. The summed E-state index contributed by atoms with van der Waals surface area (Å²) in [6, 6.07) is 18.8. The first-order valence-corrected chi connectivity index (χ1v) is 8.77. The zero-order valence-corrected chi connectivity index (χ0v) is 14.3. The van der Waals surface area contributed by atoms with Gasteiger partial charge < -0.3 is 10.2 Å². The molecule has 0 saturated carbocycles. The minimum Gasteiger partial charge on any atom is -0.355 e. The highest BCUT2D eigenvalue weighted by molar-refractivity contribution is 5.96. The summed E-state index contributed by atoms with van der Waals surface area (Å²) in [5.74, 6) is -0.0163. The van der Waals surface area contributed by atoms with E-state index in [4.69, 9.17) is 5.26 Å². The topological polar surface area (TPSA) is 73.2 Å². The molecule has 1 spiro atoms. The Labute approximate surface area is 152 Å². The van der Waals surface area contributed by atoms with Crippen LogP contribution in [0.5, 0.6) is 0 Å². The van der Waals surface area contributed by atoms with Crippen LogP contribution in [0, 0.1) is 16.7 Å². The van der Waals surface area contributed by atoms with Gasteiger partial charge in [0.2, 0.25) is 5.91 Å². The van der Waals surface area contributed by atoms with E-state index in [0.29, 0.717) is 37.2 Å². The Kier molecular flexibility index (Phi) is 3.96. The second kappa shape index (κ2) is 6.30. The third-order valence-corrected chi connectivity index (χ3v) is 5.61. The van der Waals surface area contributed by atoms with Gasteiger partial charge in [-0.2, -0.15) is 5.26 Å². The van der Waals surface area contributed by atoms with Gasteiger partial charge in [0.25, 0.3) is 5.91 Å². The number of likely N-dealkylation sites (tertiary alicyclic amines) is 1. The summed E-state index contributed by atoms with van der Waals surface area (Å²) in [6.07, 6.45) is 0.655. The summed E-state index contributed by atoms with van der Waals surface area (Å²) in [6.45, 7) is 1.56. The van der Waals surface area contributed by atoms with Crippen molar-refractivity contribution in [2.75, 3.05) is 19.6 Å². The summed E-state index contributed by atoms with van der Waals surface area (Å²) < 4.78 is 0. The Balaban J connectivity index is 1.61. The lowest BCUT2D eigenvalue weighted by atomic mass is 9.73. The van der Waals surface area contributed by atoms with Crippen LogP contribution in [0.4, 0.5) is 0 Å². The van der Waals surface area contributed by atoms with E-state index in [1.54, 1.807) is 29.2 Å². The number of hydrogen-bond donors (Lipinski definition) is 1. The number of amides is 2. The zero-order valence-electron chi connectivity index (χ0n) is 14.3. The number of nitrogens with one attached hydrogen (secondary N) is 1. The molecule has 2 aromatic rings. The molecular formula is C21H19N3O2. The summed E-state index contributed by atoms with van der Waals surface area (Å²) in [5, 5.41) is 12.0. The number of benzene rings is 2. The molecule has 5 nitrogen and oxygen atoms in total. The summed E-state index contributed by atoms with van der Waals surface area (Å²) in [5.41, 5.74) is 1.53. The van der Waals surface area contributed by atoms with E-state index in [9.17, 15) is 9.59 Å². The highest BCUT2D eigenvalue weighted by atomic mass is 16.2. The molecule has 2 amide bonds. The van der Waals surface area contributed by atoms with Gasteiger partial charge in [-0.15, -0.1) is 0 Å². The first-order valence-electron chi connectivity index (χ1n) is 8.77. The third kappa shape index (κ3) is 2.55. The maximum Gasteiger partial charge on any atom is 0.253 e. The van der Waals surface area contributed by atoms with Crippen LogP contribution in [-0.4, -0.2) is 36.3 Å². The van der Waals surface area contributed by atoms with Gasteiger partial charge in [0.05, 0.1) is 17.0 Å². The Bertz CT molecular complexity index is 903. The first kappa shape index (κ1) is 16.3. The first-order chi connectivity index (χ1) is 12.6. The fourth-order valence-corrected chi connectivity index (χ4v) is 4.23. The van der Waals surface area contributed by atoms with Gasteiger partial charge in [-0.1, -0.05) is 36.4 Å². The van der Waals surface area contributed by atoms with Crippen molar-refractivity contribution in [1.29, 1.82) is 5.26 Å². The number of hydrogen-bond acceptors (Lipinski definition) is 3. The Morgan fingerprint density at radius 2 is 2.00 bits per heavy atom. The van der Waals surface area contributed by atoms with E-state index in [2.05, 4.69) is 11.4 Å². The van der Waals surface area contributed by atoms with Gasteiger partial charge >= 0.3 is 0 Å². The lowest BCUT2D eigenvalue weighted by Gasteiger charge is -2.28. The Hall–Kier alpha value is -3.13. The number of carbonyl (C=O) groups excluding carboxylic acids is 2. The van der Waals surface area contributed by atoms with E-state index in [1.165, 1.54) is 0 Å². The molecule has 4 rings (SSSR count). The molecule has 2 aliphatic rings. The van der Waals surface area contributed by atoms with Gasteiger partial charge in [0, 0.05) is 31.1 Å². The van der Waals surface area contributed by atoms with E-state index in [1.807, 2.05) is 30.3 Å². The van der Waals surface area contributed by atoms with Gasteiger partial charge in [0.15, 0.2) is 0 Å². The van der Waals surface area contributed by atoms with Crippen molar-refractivity contribution in [3.05, 3.63) is 71.3 Å². The smallest absolute Gasteiger partial charge is 0.253 e. The average molecular weight is 345 g/mol. The molecule has 0 radical (unpaired) electrons. The van der Waals surface area contributed by atoms with Gasteiger partial charge in [-0.25, -0.2) is 0 Å². The minimum absolute atomic E-state index is 0.0347. The fourth-order valence-electron chi connectivity index (χ4n) is 4.23. The van der Waals surface area contributed by atoms with Gasteiger partial charge in [-0.05, 0) is 30.2 Å². The predicted octanol–water partition coefficient (Wildman–Crippen LogP) is 2.30. The van der Waals surface area contributed by atoms with E-state index >= 15 is 0 Å². The maximum absolute atomic E-state index is 12.9. The van der Waals surface area contributed by atoms with Crippen molar-refractivity contribution >= 4 is 11.8 Å². The van der Waals surface area contributed by atoms with Crippen LogP contribution in [0.3, 0.4) is 0 Å². The summed E-state index contributed by atoms with van der Waals surface area (Å²) >= 11 is 0. The molecule has 26 heavy (non-hydrogen) atoms. The molecule has 2 saturated heterocycles. The number of nitriles is 1. The molecule has 5 heteroatoms. The standard InChI is InChI=1S/C21H19N3O2/c22-12-15-5-4-8-17(11-15)19(25)24-10-9-21(14-24)18(13-23-20(21)26)16-6-2-1-3-7-16/h1-8,11,18H,9-10,13-14H2,(H,23,26)/t18-,21-/m0/s1. The Morgan fingerprint density at radius 3 is 2.77 bits per heavy atom. The van der Waals surface area contributed by atoms with E-state index in [-0.39, 0.29) is 17.7 Å². The van der Waals surface area contributed by atoms with Crippen LogP contribution in [0.2, 0.25) is 0 Å². The van der Waals surface area contributed by atoms with Crippen molar-refractivity contribution in [2.24, 2.45) is 5.41 Å². The minimum atomic E-state index is -0.566. The second-order valence-electron chi connectivity index (χ2n) is 7.00. The predicted molar refractivity (Wildman–Crippen MR) is 96.3 cm³/mol. The SMILES string of the molecule is N#Cc1cccc(C(=O)N2CC[C@@]3(C2)C(=O)NC[C@H]3c2ccccc2)c1. The molecule has 130 valence electrons. The zero-order chi connectivity index (χ0) is 18.1. The molecule has 2 aliphatic heterocycles. The number of rotatable bonds is 2. The maximum atomic E-state index is 12.9. The van der Waals surface area contributed by atoms with E-state index < -0.39 is 5.41 Å². The summed E-state index contributed by atoms with van der Waals surface area (Å²) in [7, 11) is 0. The monoisotopic (exact) mass is 345 g/mol. The number of carbonyl (C=O) groups is 2. The van der Waals surface area contributed by atoms with Crippen LogP contribution in [-0.2, 0) is 4.79 Å². The molecule has 0 unspecified atom stereocenters. The van der Waals surface area contributed by atoms with Gasteiger partial charge in [-0.3, -0.25) is 9.59 Å². The number of nitrogens with zero attached hydrogens (tertiary/aromatic N) is 2. The fraction of sp³-hybridized carbons (Fsp3) is 0.286. The molecule has 2 atom stereocenters. The largest absolute Gasteiger partial charge is 0.355 e. The molecule has 0 aromatic heterocycles. The normalized spacial score (nSPS) is 24.5. The second-order valence-corrected chi connectivity index (χ2v) is 7.00. The Morgan fingerprint density at radius 1 is 1.19 bits per heavy atom. The molecular weight excluding hydrogens is 326 g/mol. The lowest BCUT2D eigenvalue weighted by molar-refractivity contribution is -0.127. The van der Waals surface area contributed by atoms with Crippen molar-refractivity contribution < 1.29 is 9.59 Å². The third-order valence-electron chi connectivity index (χ3n) is 5.61. The molecule has 2 aromatic carbocycles. The van der Waals surface area contributed by atoms with Crippen molar-refractivity contribution in [2.45, 2.75) is 12.3 Å². The van der Waals surface area contributed by atoms with Crippen LogP contribution in [0.25, 0.3) is 0 Å². The lowest BCUT2D eigenvalue weighted by Crippen LogP contribution is -2.39. The molecule has 2 fully saturated rings. The van der Waals surface area contributed by atoms with Gasteiger partial charge in [0.1, 0.15) is 0 Å². The van der Waals surface area contributed by atoms with Crippen LogP contribution < -0.4 is 5.32 Å². The highest BCUT2D eigenvalue weighted by Gasteiger charge is 2.55. The van der Waals surface area contributed by atoms with Crippen molar-refractivity contribution in [1.82, 2.24) is 10.2 Å².